The number of aryl methyl sites for hydroxylation is 1. The van der Waals surface area contributed by atoms with E-state index in [1.807, 2.05) is 67.6 Å². The van der Waals surface area contributed by atoms with Crippen LogP contribution in [0.4, 0.5) is 5.69 Å². The van der Waals surface area contributed by atoms with Gasteiger partial charge >= 0.3 is 0 Å². The van der Waals surface area contributed by atoms with Crippen LogP contribution >= 0.6 is 23.2 Å². The molecule has 3 rings (SSSR count). The molecule has 0 fully saturated rings. The highest BCUT2D eigenvalue weighted by molar-refractivity contribution is 6.31. The lowest BCUT2D eigenvalue weighted by Crippen LogP contribution is -2.04. The molecule has 28 heavy (non-hydrogen) atoms. The quantitative estimate of drug-likeness (QED) is 0.434. The molecular weight excluding hydrogens is 393 g/mol. The Balaban J connectivity index is 1.69. The van der Waals surface area contributed by atoms with Gasteiger partial charge in [0.25, 0.3) is 0 Å². The number of halogens is 2. The van der Waals surface area contributed by atoms with E-state index in [1.54, 1.807) is 0 Å². The van der Waals surface area contributed by atoms with Gasteiger partial charge in [-0.3, -0.25) is 0 Å². The summed E-state index contributed by atoms with van der Waals surface area (Å²) >= 11 is 12.0. The Bertz CT molecular complexity index is 926. The number of hydrogen-bond acceptors (Lipinski definition) is 3. The van der Waals surface area contributed by atoms with Gasteiger partial charge in [0.05, 0.1) is 6.61 Å². The number of nitrogens with one attached hydrogen (secondary N) is 1. The standard InChI is InChI=1S/C23H23Cl2NO2/c1-3-27-23-12-18(14-26-21-13-20(25)8-4-16(21)2)7-11-22(23)28-15-17-5-9-19(24)10-6-17/h4-13,26H,3,14-15H2,1-2H3. The van der Waals surface area contributed by atoms with Crippen molar-refractivity contribution >= 4 is 28.9 Å². The van der Waals surface area contributed by atoms with Crippen LogP contribution in [0.5, 0.6) is 11.5 Å². The van der Waals surface area contributed by atoms with Crippen molar-refractivity contribution in [3.05, 3.63) is 87.4 Å². The van der Waals surface area contributed by atoms with Crippen molar-refractivity contribution in [2.24, 2.45) is 0 Å². The lowest BCUT2D eigenvalue weighted by atomic mass is 10.1. The third kappa shape index (κ3) is 5.57. The van der Waals surface area contributed by atoms with Gasteiger partial charge < -0.3 is 14.8 Å². The summed E-state index contributed by atoms with van der Waals surface area (Å²) in [5.74, 6) is 1.46. The van der Waals surface area contributed by atoms with Crippen molar-refractivity contribution in [1.29, 1.82) is 0 Å². The summed E-state index contributed by atoms with van der Waals surface area (Å²) in [6.07, 6.45) is 0. The minimum absolute atomic E-state index is 0.455. The Morgan fingerprint density at radius 2 is 1.50 bits per heavy atom. The zero-order chi connectivity index (χ0) is 19.9. The molecule has 3 nitrogen and oxygen atoms in total. The van der Waals surface area contributed by atoms with Crippen molar-refractivity contribution in [3.8, 4) is 11.5 Å². The van der Waals surface area contributed by atoms with Gasteiger partial charge in [-0.15, -0.1) is 0 Å². The van der Waals surface area contributed by atoms with Crippen molar-refractivity contribution in [2.75, 3.05) is 11.9 Å². The van der Waals surface area contributed by atoms with E-state index in [0.29, 0.717) is 29.8 Å². The van der Waals surface area contributed by atoms with E-state index in [-0.39, 0.29) is 0 Å². The fourth-order valence-corrected chi connectivity index (χ4v) is 3.07. The topological polar surface area (TPSA) is 30.5 Å². The highest BCUT2D eigenvalue weighted by Gasteiger charge is 2.08. The van der Waals surface area contributed by atoms with E-state index in [4.69, 9.17) is 32.7 Å². The predicted octanol–water partition coefficient (Wildman–Crippen LogP) is 6.89. The number of rotatable bonds is 8. The maximum Gasteiger partial charge on any atom is 0.161 e. The Morgan fingerprint density at radius 1 is 0.786 bits per heavy atom. The molecule has 0 bridgehead atoms. The summed E-state index contributed by atoms with van der Waals surface area (Å²) in [5.41, 5.74) is 4.32. The molecule has 0 aliphatic heterocycles. The summed E-state index contributed by atoms with van der Waals surface area (Å²) in [4.78, 5) is 0. The monoisotopic (exact) mass is 415 g/mol. The highest BCUT2D eigenvalue weighted by Crippen LogP contribution is 2.30. The van der Waals surface area contributed by atoms with E-state index in [9.17, 15) is 0 Å². The van der Waals surface area contributed by atoms with Gasteiger partial charge in [0.1, 0.15) is 6.61 Å². The number of ether oxygens (including phenoxy) is 2. The molecule has 1 N–H and O–H groups in total. The number of benzene rings is 3. The van der Waals surface area contributed by atoms with Gasteiger partial charge in [-0.1, -0.05) is 47.5 Å². The molecule has 0 heterocycles. The van der Waals surface area contributed by atoms with Crippen molar-refractivity contribution in [1.82, 2.24) is 0 Å². The van der Waals surface area contributed by atoms with E-state index in [2.05, 4.69) is 12.2 Å². The lowest BCUT2D eigenvalue weighted by Gasteiger charge is -2.15. The van der Waals surface area contributed by atoms with Gasteiger partial charge in [0.15, 0.2) is 11.5 Å². The van der Waals surface area contributed by atoms with Crippen LogP contribution in [0.15, 0.2) is 60.7 Å². The van der Waals surface area contributed by atoms with Crippen LogP contribution in [0, 0.1) is 6.92 Å². The smallest absolute Gasteiger partial charge is 0.161 e. The van der Waals surface area contributed by atoms with Crippen molar-refractivity contribution in [2.45, 2.75) is 27.0 Å². The number of hydrogen-bond donors (Lipinski definition) is 1. The van der Waals surface area contributed by atoms with Crippen LogP contribution in [0.1, 0.15) is 23.6 Å². The minimum Gasteiger partial charge on any atom is -0.490 e. The van der Waals surface area contributed by atoms with Gasteiger partial charge in [0.2, 0.25) is 0 Å². The average Bonchev–Trinajstić information content (AvgIpc) is 2.69. The van der Waals surface area contributed by atoms with E-state index in [0.717, 1.165) is 33.9 Å². The molecule has 146 valence electrons. The fraction of sp³-hybridized carbons (Fsp3) is 0.217. The van der Waals surface area contributed by atoms with Crippen LogP contribution in [-0.4, -0.2) is 6.61 Å². The lowest BCUT2D eigenvalue weighted by molar-refractivity contribution is 0.269. The maximum absolute atomic E-state index is 6.10. The molecule has 0 aliphatic carbocycles. The molecule has 0 aromatic heterocycles. The molecular formula is C23H23Cl2NO2. The number of anilines is 1. The largest absolute Gasteiger partial charge is 0.490 e. The summed E-state index contributed by atoms with van der Waals surface area (Å²) in [5, 5.41) is 4.86. The first-order chi connectivity index (χ1) is 13.5. The second kappa shape index (κ2) is 9.72. The summed E-state index contributed by atoms with van der Waals surface area (Å²) < 4.78 is 11.7. The molecule has 0 atom stereocenters. The van der Waals surface area contributed by atoms with Crippen molar-refractivity contribution in [3.63, 3.8) is 0 Å². The fourth-order valence-electron chi connectivity index (χ4n) is 2.77. The summed E-state index contributed by atoms with van der Waals surface area (Å²) in [6.45, 7) is 5.71. The SMILES string of the molecule is CCOc1cc(CNc2cc(Cl)ccc2C)ccc1OCc1ccc(Cl)cc1. The molecule has 3 aromatic rings. The zero-order valence-electron chi connectivity index (χ0n) is 16.0. The molecule has 0 saturated heterocycles. The zero-order valence-corrected chi connectivity index (χ0v) is 17.5. The molecule has 3 aromatic carbocycles. The van der Waals surface area contributed by atoms with Gasteiger partial charge in [-0.2, -0.15) is 0 Å². The summed E-state index contributed by atoms with van der Waals surface area (Å²) in [7, 11) is 0. The van der Waals surface area contributed by atoms with Gasteiger partial charge in [-0.05, 0) is 66.9 Å². The third-order valence-corrected chi connectivity index (χ3v) is 4.79. The second-order valence-electron chi connectivity index (χ2n) is 6.44. The highest BCUT2D eigenvalue weighted by atomic mass is 35.5. The Morgan fingerprint density at radius 3 is 2.25 bits per heavy atom. The Labute approximate surface area is 176 Å². The predicted molar refractivity (Wildman–Crippen MR) is 117 cm³/mol. The van der Waals surface area contributed by atoms with Crippen LogP contribution in [0.25, 0.3) is 0 Å². The molecule has 0 saturated carbocycles. The van der Waals surface area contributed by atoms with E-state index >= 15 is 0 Å². The third-order valence-electron chi connectivity index (χ3n) is 4.30. The molecule has 0 spiro atoms. The molecule has 5 heteroatoms. The maximum atomic E-state index is 6.10. The minimum atomic E-state index is 0.455. The molecule has 0 unspecified atom stereocenters. The van der Waals surface area contributed by atoms with E-state index < -0.39 is 0 Å². The first kappa shape index (κ1) is 20.4. The van der Waals surface area contributed by atoms with Crippen LogP contribution < -0.4 is 14.8 Å². The average molecular weight is 416 g/mol. The van der Waals surface area contributed by atoms with Crippen LogP contribution in [-0.2, 0) is 13.2 Å². The Hall–Kier alpha value is -2.36. The molecule has 0 aliphatic rings. The normalized spacial score (nSPS) is 10.6. The summed E-state index contributed by atoms with van der Waals surface area (Å²) in [6, 6.07) is 19.4. The van der Waals surface area contributed by atoms with Gasteiger partial charge in [-0.25, -0.2) is 0 Å². The first-order valence-electron chi connectivity index (χ1n) is 9.18. The molecule has 0 amide bonds. The molecule has 0 radical (unpaired) electrons. The van der Waals surface area contributed by atoms with Crippen LogP contribution in [0.2, 0.25) is 10.0 Å². The first-order valence-corrected chi connectivity index (χ1v) is 9.93. The second-order valence-corrected chi connectivity index (χ2v) is 7.31. The van der Waals surface area contributed by atoms with Crippen LogP contribution in [0.3, 0.4) is 0 Å². The Kier molecular flexibility index (Phi) is 7.07. The van der Waals surface area contributed by atoms with Gasteiger partial charge in [0, 0.05) is 22.3 Å². The van der Waals surface area contributed by atoms with E-state index in [1.165, 1.54) is 0 Å². The van der Waals surface area contributed by atoms with Crippen molar-refractivity contribution < 1.29 is 9.47 Å².